The molecule has 3 aromatic rings. The molecule has 0 spiro atoms. The van der Waals surface area contributed by atoms with Crippen molar-refractivity contribution < 1.29 is 13.9 Å². The van der Waals surface area contributed by atoms with Gasteiger partial charge in [-0.2, -0.15) is 0 Å². The number of aromatic nitrogens is 1. The molecule has 0 bridgehead atoms. The largest absolute Gasteiger partial charge is 0.488 e. The summed E-state index contributed by atoms with van der Waals surface area (Å²) in [5.41, 5.74) is 2.20. The minimum Gasteiger partial charge on any atom is -0.488 e. The van der Waals surface area contributed by atoms with Crippen LogP contribution in [0.1, 0.15) is 11.1 Å². The number of hydrazine groups is 2. The fraction of sp³-hybridized carbons (Fsp3) is 0.158. The van der Waals surface area contributed by atoms with Crippen molar-refractivity contribution >= 4 is 23.1 Å². The van der Waals surface area contributed by atoms with Crippen LogP contribution in [0.3, 0.4) is 0 Å². The van der Waals surface area contributed by atoms with Gasteiger partial charge in [-0.3, -0.25) is 5.01 Å². The monoisotopic (exact) mass is 401 g/mol. The molecular weight excluding hydrogens is 381 g/mol. The molecule has 2 amide bonds. The lowest BCUT2D eigenvalue weighted by atomic mass is 10.1. The number of aryl methyl sites for hydroxylation is 1. The second-order valence-corrected chi connectivity index (χ2v) is 7.00. The van der Waals surface area contributed by atoms with Crippen molar-refractivity contribution in [1.29, 1.82) is 0 Å². The highest BCUT2D eigenvalue weighted by Crippen LogP contribution is 2.29. The summed E-state index contributed by atoms with van der Waals surface area (Å²) in [5.74, 6) is 11.3. The van der Waals surface area contributed by atoms with Gasteiger partial charge in [0.25, 0.3) is 0 Å². The maximum absolute atomic E-state index is 14.4. The van der Waals surface area contributed by atoms with Gasteiger partial charge in [0, 0.05) is 24.2 Å². The second kappa shape index (κ2) is 8.34. The van der Waals surface area contributed by atoms with Crippen molar-refractivity contribution in [1.82, 2.24) is 9.99 Å². The molecule has 1 aromatic heterocycles. The van der Waals surface area contributed by atoms with Crippen molar-refractivity contribution in [3.05, 3.63) is 64.9 Å². The Morgan fingerprint density at radius 3 is 2.71 bits per heavy atom. The van der Waals surface area contributed by atoms with Crippen LogP contribution in [0.15, 0.2) is 48.0 Å². The minimum absolute atomic E-state index is 0.102. The van der Waals surface area contributed by atoms with Gasteiger partial charge < -0.3 is 4.74 Å². The number of amides is 2. The topological polar surface area (TPSA) is 97.7 Å². The number of anilines is 1. The van der Waals surface area contributed by atoms with Crippen LogP contribution in [0, 0.1) is 12.7 Å². The maximum atomic E-state index is 14.4. The van der Waals surface area contributed by atoms with E-state index in [2.05, 4.69) is 4.98 Å². The Morgan fingerprint density at radius 2 is 2.07 bits per heavy atom. The third kappa shape index (κ3) is 4.11. The molecule has 4 N–H and O–H groups in total. The first-order chi connectivity index (χ1) is 13.4. The van der Waals surface area contributed by atoms with Crippen LogP contribution in [0.25, 0.3) is 10.6 Å². The summed E-state index contributed by atoms with van der Waals surface area (Å²) in [6, 6.07) is 9.25. The first-order valence-corrected chi connectivity index (χ1v) is 9.24. The number of nitrogens with zero attached hydrogens (tertiary/aromatic N) is 3. The molecule has 3 rings (SSSR count). The van der Waals surface area contributed by atoms with Crippen LogP contribution in [0.4, 0.5) is 14.9 Å². The van der Waals surface area contributed by atoms with Crippen molar-refractivity contribution in [3.8, 4) is 16.3 Å². The number of carbonyl (C=O) groups is 1. The first-order valence-electron chi connectivity index (χ1n) is 8.36. The van der Waals surface area contributed by atoms with Crippen LogP contribution in [0.2, 0.25) is 0 Å². The van der Waals surface area contributed by atoms with Gasteiger partial charge in [-0.15, -0.1) is 11.3 Å². The lowest BCUT2D eigenvalue weighted by Crippen LogP contribution is -2.49. The SMILES string of the molecule is Cc1cc(-c2nccs2)ccc1OCc1c(F)cccc1N(N)C(=O)N(C)N. The highest BCUT2D eigenvalue weighted by molar-refractivity contribution is 7.13. The van der Waals surface area contributed by atoms with Crippen LogP contribution in [-0.4, -0.2) is 23.1 Å². The number of urea groups is 1. The molecule has 1 heterocycles. The van der Waals surface area contributed by atoms with E-state index in [-0.39, 0.29) is 17.9 Å². The number of ether oxygens (including phenoxy) is 1. The number of hydrogen-bond donors (Lipinski definition) is 2. The van der Waals surface area contributed by atoms with E-state index in [1.54, 1.807) is 17.5 Å². The molecule has 9 heteroatoms. The van der Waals surface area contributed by atoms with E-state index in [0.717, 1.165) is 26.2 Å². The quantitative estimate of drug-likeness (QED) is 0.388. The van der Waals surface area contributed by atoms with Crippen molar-refractivity contribution in [2.24, 2.45) is 11.7 Å². The van der Waals surface area contributed by atoms with E-state index < -0.39 is 11.8 Å². The maximum Gasteiger partial charge on any atom is 0.352 e. The number of thiazole rings is 1. The van der Waals surface area contributed by atoms with Gasteiger partial charge in [0.2, 0.25) is 0 Å². The Labute approximate surface area is 165 Å². The highest BCUT2D eigenvalue weighted by atomic mass is 32.1. The molecule has 7 nitrogen and oxygen atoms in total. The van der Waals surface area contributed by atoms with Crippen molar-refractivity contribution in [3.63, 3.8) is 0 Å². The molecular formula is C19H20FN5O2S. The normalized spacial score (nSPS) is 10.6. The molecule has 0 unspecified atom stereocenters. The third-order valence-electron chi connectivity index (χ3n) is 4.09. The fourth-order valence-electron chi connectivity index (χ4n) is 2.65. The summed E-state index contributed by atoms with van der Waals surface area (Å²) in [6.45, 7) is 1.80. The molecule has 146 valence electrons. The number of nitrogens with two attached hydrogens (primary N) is 2. The Bertz CT molecular complexity index is 978. The summed E-state index contributed by atoms with van der Waals surface area (Å²) in [6.07, 6.45) is 1.75. The zero-order valence-corrected chi connectivity index (χ0v) is 16.2. The summed E-state index contributed by atoms with van der Waals surface area (Å²) < 4.78 is 20.2. The smallest absolute Gasteiger partial charge is 0.352 e. The van der Waals surface area contributed by atoms with Crippen LogP contribution in [0.5, 0.6) is 5.75 Å². The van der Waals surface area contributed by atoms with E-state index in [9.17, 15) is 9.18 Å². The number of rotatable bonds is 5. The van der Waals surface area contributed by atoms with Crippen LogP contribution >= 0.6 is 11.3 Å². The molecule has 0 aliphatic carbocycles. The molecule has 0 atom stereocenters. The predicted octanol–water partition coefficient (Wildman–Crippen LogP) is 3.44. The highest BCUT2D eigenvalue weighted by Gasteiger charge is 2.20. The van der Waals surface area contributed by atoms with Gasteiger partial charge in [-0.05, 0) is 42.8 Å². The molecule has 0 aliphatic heterocycles. The Balaban J connectivity index is 1.82. The number of benzene rings is 2. The zero-order chi connectivity index (χ0) is 20.3. The summed E-state index contributed by atoms with van der Waals surface area (Å²) >= 11 is 1.55. The molecule has 28 heavy (non-hydrogen) atoms. The van der Waals surface area contributed by atoms with E-state index in [0.29, 0.717) is 5.75 Å². The molecule has 0 fully saturated rings. The fourth-order valence-corrected chi connectivity index (χ4v) is 3.28. The van der Waals surface area contributed by atoms with Crippen molar-refractivity contribution in [2.75, 3.05) is 12.1 Å². The molecule has 0 aliphatic rings. The zero-order valence-electron chi connectivity index (χ0n) is 15.4. The minimum atomic E-state index is -0.684. The second-order valence-electron chi connectivity index (χ2n) is 6.11. The summed E-state index contributed by atoms with van der Waals surface area (Å²) in [4.78, 5) is 16.3. The standard InChI is InChI=1S/C19H20FN5O2S/c1-12-10-13(18-23-8-9-28-18)6-7-17(12)27-11-14-15(20)4-3-5-16(14)25(22)19(26)24(2)21/h3-10H,11,21-22H2,1-2H3. The predicted molar refractivity (Wildman–Crippen MR) is 107 cm³/mol. The first kappa shape index (κ1) is 19.7. The lowest BCUT2D eigenvalue weighted by molar-refractivity contribution is 0.216. The molecule has 0 saturated carbocycles. The summed E-state index contributed by atoms with van der Waals surface area (Å²) in [7, 11) is 1.35. The number of carbonyl (C=O) groups excluding carboxylic acids is 1. The average Bonchev–Trinajstić information content (AvgIpc) is 3.21. The van der Waals surface area contributed by atoms with E-state index in [1.165, 1.54) is 25.2 Å². The molecule has 0 radical (unpaired) electrons. The van der Waals surface area contributed by atoms with E-state index >= 15 is 0 Å². The number of hydrogen-bond acceptors (Lipinski definition) is 6. The Morgan fingerprint density at radius 1 is 1.29 bits per heavy atom. The van der Waals surface area contributed by atoms with Gasteiger partial charge in [0.05, 0.1) is 11.3 Å². The van der Waals surface area contributed by atoms with Gasteiger partial charge in [-0.25, -0.2) is 30.9 Å². The third-order valence-corrected chi connectivity index (χ3v) is 4.91. The Kier molecular flexibility index (Phi) is 5.88. The van der Waals surface area contributed by atoms with Gasteiger partial charge in [0.1, 0.15) is 23.2 Å². The van der Waals surface area contributed by atoms with E-state index in [1.807, 2.05) is 30.5 Å². The van der Waals surface area contributed by atoms with Gasteiger partial charge in [-0.1, -0.05) is 6.07 Å². The average molecular weight is 401 g/mol. The van der Waals surface area contributed by atoms with E-state index in [4.69, 9.17) is 16.4 Å². The summed E-state index contributed by atoms with van der Waals surface area (Å²) in [5, 5.41) is 4.43. The van der Waals surface area contributed by atoms with Crippen LogP contribution < -0.4 is 21.4 Å². The lowest BCUT2D eigenvalue weighted by Gasteiger charge is -2.23. The number of halogens is 1. The van der Waals surface area contributed by atoms with Crippen LogP contribution in [-0.2, 0) is 6.61 Å². The Hall–Kier alpha value is -3.01. The molecule has 0 saturated heterocycles. The molecule has 2 aromatic carbocycles. The van der Waals surface area contributed by atoms with Gasteiger partial charge >= 0.3 is 6.03 Å². The van der Waals surface area contributed by atoms with Crippen molar-refractivity contribution in [2.45, 2.75) is 13.5 Å². The van der Waals surface area contributed by atoms with Gasteiger partial charge in [0.15, 0.2) is 0 Å².